The first kappa shape index (κ1) is 16.6. The molecule has 0 N–H and O–H groups in total. The van der Waals surface area contributed by atoms with Crippen LogP contribution in [0, 0.1) is 0 Å². The first-order chi connectivity index (χ1) is 11.7. The number of methoxy groups -OCH3 is 1. The minimum atomic E-state index is 0.549. The largest absolute Gasteiger partial charge is 0.497 e. The van der Waals surface area contributed by atoms with Crippen LogP contribution < -0.4 is 4.74 Å². The third kappa shape index (κ3) is 3.96. The van der Waals surface area contributed by atoms with Crippen molar-refractivity contribution in [2.75, 3.05) is 7.11 Å². The maximum Gasteiger partial charge on any atom is 0.137 e. The van der Waals surface area contributed by atoms with Crippen LogP contribution in [-0.2, 0) is 6.54 Å². The summed E-state index contributed by atoms with van der Waals surface area (Å²) in [5.41, 5.74) is 2.96. The fourth-order valence-corrected chi connectivity index (χ4v) is 2.88. The van der Waals surface area contributed by atoms with Gasteiger partial charge in [0, 0.05) is 10.0 Å². The summed E-state index contributed by atoms with van der Waals surface area (Å²) in [5.74, 6) is 0.814. The second-order valence-electron chi connectivity index (χ2n) is 5.16. The smallest absolute Gasteiger partial charge is 0.137 e. The maximum atomic E-state index is 6.39. The number of hydrogen-bond donors (Lipinski definition) is 0. The molecule has 0 spiro atoms. The summed E-state index contributed by atoms with van der Waals surface area (Å²) in [6, 6.07) is 13.3. The van der Waals surface area contributed by atoms with Gasteiger partial charge in [0.25, 0.3) is 0 Å². The van der Waals surface area contributed by atoms with E-state index in [9.17, 15) is 0 Å². The summed E-state index contributed by atoms with van der Waals surface area (Å²) in [5, 5.41) is 5.38. The minimum absolute atomic E-state index is 0.549. The molecule has 0 bridgehead atoms. The zero-order chi connectivity index (χ0) is 16.9. The fraction of sp³-hybridized carbons (Fsp3) is 0.111. The number of aromatic nitrogens is 3. The predicted molar refractivity (Wildman–Crippen MR) is 97.3 cm³/mol. The van der Waals surface area contributed by atoms with Gasteiger partial charge in [-0.1, -0.05) is 41.4 Å². The van der Waals surface area contributed by atoms with Gasteiger partial charge in [-0.3, -0.25) is 0 Å². The van der Waals surface area contributed by atoms with Crippen molar-refractivity contribution in [3.63, 3.8) is 0 Å². The van der Waals surface area contributed by atoms with Gasteiger partial charge in [-0.2, -0.15) is 5.10 Å². The molecule has 0 radical (unpaired) electrons. The summed E-state index contributed by atoms with van der Waals surface area (Å²) in [6.07, 6.45) is 5.25. The molecule has 0 aliphatic carbocycles. The maximum absolute atomic E-state index is 6.39. The first-order valence-electron chi connectivity index (χ1n) is 7.28. The third-order valence-electron chi connectivity index (χ3n) is 3.53. The highest BCUT2D eigenvalue weighted by atomic mass is 35.5. The summed E-state index contributed by atoms with van der Waals surface area (Å²) < 4.78 is 6.95. The molecule has 4 nitrogen and oxygen atoms in total. The van der Waals surface area contributed by atoms with Crippen LogP contribution in [0.5, 0.6) is 5.75 Å². The van der Waals surface area contributed by atoms with Gasteiger partial charge in [-0.25, -0.2) is 9.67 Å². The monoisotopic (exact) mass is 359 g/mol. The Balaban J connectivity index is 2.01. The molecule has 0 fully saturated rings. The van der Waals surface area contributed by atoms with E-state index in [1.165, 1.54) is 6.33 Å². The average Bonchev–Trinajstić information content (AvgIpc) is 3.08. The molecule has 1 aromatic heterocycles. The van der Waals surface area contributed by atoms with Gasteiger partial charge in [-0.15, -0.1) is 0 Å². The third-order valence-corrected chi connectivity index (χ3v) is 4.08. The van der Waals surface area contributed by atoms with Gasteiger partial charge in [-0.05, 0) is 47.0 Å². The van der Waals surface area contributed by atoms with Crippen LogP contribution in [0.4, 0.5) is 0 Å². The molecule has 2 aromatic carbocycles. The molecular weight excluding hydrogens is 345 g/mol. The van der Waals surface area contributed by atoms with E-state index in [1.54, 1.807) is 24.2 Å². The van der Waals surface area contributed by atoms with Gasteiger partial charge in [0.1, 0.15) is 18.4 Å². The normalized spacial score (nSPS) is 11.5. The number of ether oxygens (including phenoxy) is 1. The molecule has 0 amide bonds. The molecule has 3 aromatic rings. The van der Waals surface area contributed by atoms with Crippen LogP contribution in [0.3, 0.4) is 0 Å². The van der Waals surface area contributed by atoms with Crippen LogP contribution in [0.15, 0.2) is 55.1 Å². The molecule has 3 rings (SSSR count). The van der Waals surface area contributed by atoms with Crippen LogP contribution in [0.2, 0.25) is 10.0 Å². The van der Waals surface area contributed by atoms with Crippen molar-refractivity contribution < 1.29 is 4.74 Å². The molecule has 0 aliphatic rings. The van der Waals surface area contributed by atoms with E-state index < -0.39 is 0 Å². The topological polar surface area (TPSA) is 39.9 Å². The second kappa shape index (κ2) is 7.51. The zero-order valence-electron chi connectivity index (χ0n) is 13.0. The average molecular weight is 360 g/mol. The Morgan fingerprint density at radius 2 is 1.96 bits per heavy atom. The summed E-state index contributed by atoms with van der Waals surface area (Å²) in [6.45, 7) is 0.549. The molecule has 0 unspecified atom stereocenters. The van der Waals surface area contributed by atoms with E-state index in [2.05, 4.69) is 16.2 Å². The van der Waals surface area contributed by atoms with E-state index in [-0.39, 0.29) is 0 Å². The number of hydrogen-bond acceptors (Lipinski definition) is 3. The molecule has 0 aliphatic heterocycles. The zero-order valence-corrected chi connectivity index (χ0v) is 14.5. The first-order valence-corrected chi connectivity index (χ1v) is 8.04. The molecule has 6 heteroatoms. The highest BCUT2D eigenvalue weighted by Crippen LogP contribution is 2.29. The van der Waals surface area contributed by atoms with E-state index in [4.69, 9.17) is 27.9 Å². The molecule has 122 valence electrons. The lowest BCUT2D eigenvalue weighted by atomic mass is 10.0. The van der Waals surface area contributed by atoms with Crippen molar-refractivity contribution in [2.24, 2.45) is 0 Å². The van der Waals surface area contributed by atoms with Gasteiger partial charge in [0.2, 0.25) is 0 Å². The number of allylic oxidation sites excluding steroid dienone is 1. The number of halogens is 2. The van der Waals surface area contributed by atoms with E-state index in [0.29, 0.717) is 16.6 Å². The van der Waals surface area contributed by atoms with Gasteiger partial charge in [0.05, 0.1) is 13.7 Å². The van der Waals surface area contributed by atoms with Crippen molar-refractivity contribution in [1.29, 1.82) is 0 Å². The SMILES string of the molecule is COc1ccc(/C=C(\Cn2cncn2)c2ccc(Cl)cc2Cl)cc1. The Bertz CT molecular complexity index is 843. The van der Waals surface area contributed by atoms with Gasteiger partial charge >= 0.3 is 0 Å². The van der Waals surface area contributed by atoms with Crippen LogP contribution in [0.25, 0.3) is 11.6 Å². The lowest BCUT2D eigenvalue weighted by Crippen LogP contribution is -2.02. The molecular formula is C18H15Cl2N3O. The number of benzene rings is 2. The van der Waals surface area contributed by atoms with Crippen molar-refractivity contribution in [3.8, 4) is 5.75 Å². The molecule has 1 heterocycles. The van der Waals surface area contributed by atoms with Crippen LogP contribution in [0.1, 0.15) is 11.1 Å². The van der Waals surface area contributed by atoms with Crippen LogP contribution in [-0.4, -0.2) is 21.9 Å². The summed E-state index contributed by atoms with van der Waals surface area (Å²) >= 11 is 12.4. The molecule has 0 saturated carbocycles. The van der Waals surface area contributed by atoms with E-state index in [1.807, 2.05) is 36.4 Å². The Labute approximate surface area is 150 Å². The highest BCUT2D eigenvalue weighted by molar-refractivity contribution is 6.35. The van der Waals surface area contributed by atoms with E-state index in [0.717, 1.165) is 22.4 Å². The van der Waals surface area contributed by atoms with Crippen molar-refractivity contribution in [2.45, 2.75) is 6.54 Å². The van der Waals surface area contributed by atoms with Crippen molar-refractivity contribution >= 4 is 34.9 Å². The molecule has 0 saturated heterocycles. The Kier molecular flexibility index (Phi) is 5.18. The van der Waals surface area contributed by atoms with E-state index >= 15 is 0 Å². The Morgan fingerprint density at radius 3 is 2.58 bits per heavy atom. The van der Waals surface area contributed by atoms with Crippen molar-refractivity contribution in [1.82, 2.24) is 14.8 Å². The minimum Gasteiger partial charge on any atom is -0.497 e. The standard InChI is InChI=1S/C18H15Cl2N3O/c1-24-16-5-2-13(3-6-16)8-14(10-23-12-21-11-22-23)17-7-4-15(19)9-18(17)20/h2-9,11-12H,10H2,1H3/b14-8+. The number of rotatable bonds is 5. The van der Waals surface area contributed by atoms with Crippen LogP contribution >= 0.6 is 23.2 Å². The predicted octanol–water partition coefficient (Wildman–Crippen LogP) is 4.83. The highest BCUT2D eigenvalue weighted by Gasteiger charge is 2.09. The molecule has 24 heavy (non-hydrogen) atoms. The molecule has 0 atom stereocenters. The van der Waals surface area contributed by atoms with Gasteiger partial charge < -0.3 is 4.74 Å². The summed E-state index contributed by atoms with van der Waals surface area (Å²) in [7, 11) is 1.65. The lowest BCUT2D eigenvalue weighted by Gasteiger charge is -2.11. The Morgan fingerprint density at radius 1 is 1.17 bits per heavy atom. The van der Waals surface area contributed by atoms with Gasteiger partial charge in [0.15, 0.2) is 0 Å². The number of nitrogens with zero attached hydrogens (tertiary/aromatic N) is 3. The fourth-order valence-electron chi connectivity index (χ4n) is 2.35. The second-order valence-corrected chi connectivity index (χ2v) is 6.00. The quantitative estimate of drug-likeness (QED) is 0.612. The lowest BCUT2D eigenvalue weighted by molar-refractivity contribution is 0.415. The van der Waals surface area contributed by atoms with Crippen molar-refractivity contribution in [3.05, 3.63) is 76.3 Å². The summed E-state index contributed by atoms with van der Waals surface area (Å²) in [4.78, 5) is 3.99. The Hall–Kier alpha value is -2.30.